The third-order valence-electron chi connectivity index (χ3n) is 7.28. The number of hydrogen-bond acceptors (Lipinski definition) is 5. The van der Waals surface area contributed by atoms with E-state index >= 15 is 0 Å². The first kappa shape index (κ1) is 30.5. The molecule has 0 spiro atoms. The van der Waals surface area contributed by atoms with Crippen molar-refractivity contribution in [2.24, 2.45) is 0 Å². The molecule has 0 fully saturated rings. The Kier molecular flexibility index (Phi) is 10.9. The Morgan fingerprint density at radius 2 is 1.55 bits per heavy atom. The molecule has 0 radical (unpaired) electrons. The van der Waals surface area contributed by atoms with E-state index in [1.54, 1.807) is 37.3 Å². The van der Waals surface area contributed by atoms with E-state index in [2.05, 4.69) is 18.0 Å². The van der Waals surface area contributed by atoms with E-state index in [0.29, 0.717) is 49.7 Å². The monoisotopic (exact) mass is 571 g/mol. The molecule has 42 heavy (non-hydrogen) atoms. The molecule has 0 aliphatic rings. The normalized spacial score (nSPS) is 10.9. The van der Waals surface area contributed by atoms with E-state index < -0.39 is 0 Å². The number of amides is 2. The van der Waals surface area contributed by atoms with Crippen LogP contribution in [0.15, 0.2) is 72.9 Å². The number of rotatable bonds is 15. The van der Waals surface area contributed by atoms with Crippen molar-refractivity contribution in [1.82, 2.24) is 14.8 Å². The fourth-order valence-corrected chi connectivity index (χ4v) is 4.94. The molecule has 3 aromatic carbocycles. The molecule has 0 bridgehead atoms. The average Bonchev–Trinajstić information content (AvgIpc) is 3.44. The molecule has 0 saturated carbocycles. The minimum absolute atomic E-state index is 0.0245. The van der Waals surface area contributed by atoms with E-state index in [-0.39, 0.29) is 18.4 Å². The van der Waals surface area contributed by atoms with Gasteiger partial charge in [0.25, 0.3) is 5.91 Å². The number of aromatic amines is 1. The van der Waals surface area contributed by atoms with E-state index in [1.807, 2.05) is 60.5 Å². The zero-order chi connectivity index (χ0) is 29.9. The standard InChI is InChI=1S/C34H41N3O5/c1-5-7-17-37(34(39)27-19-29(40-3)21-30(20-27)41-4)24-33(38)36(23-25-12-14-28(15-13-25)42-6-2)18-16-26-22-35-32-11-9-8-10-31(26)32/h8-15,19-22,35H,5-7,16-18,23-24H2,1-4H3. The van der Waals surface area contributed by atoms with E-state index in [1.165, 1.54) is 0 Å². The number of aromatic nitrogens is 1. The number of carbonyl (C=O) groups is 2. The molecule has 0 atom stereocenters. The number of ether oxygens (including phenoxy) is 3. The Morgan fingerprint density at radius 3 is 2.21 bits per heavy atom. The zero-order valence-corrected chi connectivity index (χ0v) is 25.0. The van der Waals surface area contributed by atoms with Gasteiger partial charge >= 0.3 is 0 Å². The van der Waals surface area contributed by atoms with Gasteiger partial charge in [-0.25, -0.2) is 0 Å². The number of nitrogens with one attached hydrogen (secondary N) is 1. The fourth-order valence-electron chi connectivity index (χ4n) is 4.94. The van der Waals surface area contributed by atoms with Crippen LogP contribution in [0.5, 0.6) is 17.2 Å². The predicted molar refractivity (Wildman–Crippen MR) is 165 cm³/mol. The molecule has 4 rings (SSSR count). The summed E-state index contributed by atoms with van der Waals surface area (Å²) in [7, 11) is 3.10. The number of para-hydroxylation sites is 1. The fraction of sp³-hybridized carbons (Fsp3) is 0.353. The number of unbranched alkanes of at least 4 members (excludes halogenated alkanes) is 1. The molecule has 0 aliphatic carbocycles. The molecule has 8 heteroatoms. The number of H-pyrrole nitrogens is 1. The maximum Gasteiger partial charge on any atom is 0.254 e. The number of methoxy groups -OCH3 is 2. The third kappa shape index (κ3) is 7.84. The van der Waals surface area contributed by atoms with Gasteiger partial charge in [0.1, 0.15) is 23.8 Å². The molecule has 1 aromatic heterocycles. The maximum atomic E-state index is 13.9. The Labute approximate surface area is 248 Å². The summed E-state index contributed by atoms with van der Waals surface area (Å²) >= 11 is 0. The quantitative estimate of drug-likeness (QED) is 0.187. The lowest BCUT2D eigenvalue weighted by molar-refractivity contribution is -0.132. The molecule has 1 N–H and O–H groups in total. The van der Waals surface area contributed by atoms with Gasteiger partial charge in [-0.15, -0.1) is 0 Å². The van der Waals surface area contributed by atoms with Crippen LogP contribution in [0.2, 0.25) is 0 Å². The molecule has 0 saturated heterocycles. The van der Waals surface area contributed by atoms with Gasteiger partial charge in [-0.3, -0.25) is 9.59 Å². The van der Waals surface area contributed by atoms with Gasteiger partial charge < -0.3 is 29.0 Å². The van der Waals surface area contributed by atoms with Crippen LogP contribution in [0, 0.1) is 0 Å². The summed E-state index contributed by atoms with van der Waals surface area (Å²) in [5.74, 6) is 1.50. The molecule has 2 amide bonds. The van der Waals surface area contributed by atoms with Crippen LogP contribution in [0.3, 0.4) is 0 Å². The summed E-state index contributed by atoms with van der Waals surface area (Å²) < 4.78 is 16.4. The first-order valence-corrected chi connectivity index (χ1v) is 14.5. The Bertz CT molecular complexity index is 1440. The number of hydrogen-bond donors (Lipinski definition) is 1. The van der Waals surface area contributed by atoms with Gasteiger partial charge in [0.2, 0.25) is 5.91 Å². The minimum atomic E-state index is -0.230. The second-order valence-electron chi connectivity index (χ2n) is 10.2. The van der Waals surface area contributed by atoms with Crippen molar-refractivity contribution in [3.8, 4) is 17.2 Å². The SMILES string of the molecule is CCCCN(CC(=O)N(CCc1c[nH]c2ccccc12)Cc1ccc(OCC)cc1)C(=O)c1cc(OC)cc(OC)c1. The minimum Gasteiger partial charge on any atom is -0.497 e. The van der Waals surface area contributed by atoms with Crippen LogP contribution < -0.4 is 14.2 Å². The second-order valence-corrected chi connectivity index (χ2v) is 10.2. The van der Waals surface area contributed by atoms with Gasteiger partial charge in [0, 0.05) is 48.4 Å². The lowest BCUT2D eigenvalue weighted by Gasteiger charge is -2.28. The van der Waals surface area contributed by atoms with Gasteiger partial charge in [-0.05, 0) is 61.2 Å². The topological polar surface area (TPSA) is 84.1 Å². The van der Waals surface area contributed by atoms with Crippen molar-refractivity contribution in [1.29, 1.82) is 0 Å². The third-order valence-corrected chi connectivity index (χ3v) is 7.28. The largest absolute Gasteiger partial charge is 0.497 e. The molecule has 0 unspecified atom stereocenters. The van der Waals surface area contributed by atoms with E-state index in [9.17, 15) is 9.59 Å². The Balaban J connectivity index is 1.57. The Hall–Kier alpha value is -4.46. The summed E-state index contributed by atoms with van der Waals surface area (Å²) in [5.41, 5.74) is 3.64. The lowest BCUT2D eigenvalue weighted by Crippen LogP contribution is -2.43. The summed E-state index contributed by atoms with van der Waals surface area (Å²) in [4.78, 5) is 34.5. The van der Waals surface area contributed by atoms with Gasteiger partial charge in [0.05, 0.1) is 20.8 Å². The van der Waals surface area contributed by atoms with Crippen LogP contribution >= 0.6 is 0 Å². The number of fused-ring (bicyclic) bond motifs is 1. The molecule has 8 nitrogen and oxygen atoms in total. The highest BCUT2D eigenvalue weighted by atomic mass is 16.5. The van der Waals surface area contributed by atoms with Gasteiger partial charge in [-0.2, -0.15) is 0 Å². The summed E-state index contributed by atoms with van der Waals surface area (Å²) in [6.07, 6.45) is 4.38. The smallest absolute Gasteiger partial charge is 0.254 e. The van der Waals surface area contributed by atoms with Crippen LogP contribution in [0.4, 0.5) is 0 Å². The highest BCUT2D eigenvalue weighted by Gasteiger charge is 2.24. The first-order valence-electron chi connectivity index (χ1n) is 14.5. The van der Waals surface area contributed by atoms with Crippen molar-refractivity contribution in [2.75, 3.05) is 40.5 Å². The van der Waals surface area contributed by atoms with Crippen LogP contribution in [-0.4, -0.2) is 67.1 Å². The molecule has 4 aromatic rings. The summed E-state index contributed by atoms with van der Waals surface area (Å²) in [5, 5.41) is 1.15. The van der Waals surface area contributed by atoms with E-state index in [0.717, 1.165) is 40.6 Å². The Morgan fingerprint density at radius 1 is 0.833 bits per heavy atom. The molecular weight excluding hydrogens is 530 g/mol. The van der Waals surface area contributed by atoms with Crippen LogP contribution in [0.25, 0.3) is 10.9 Å². The van der Waals surface area contributed by atoms with Crippen molar-refractivity contribution in [3.05, 3.63) is 89.6 Å². The number of carbonyl (C=O) groups excluding carboxylic acids is 2. The molecule has 1 heterocycles. The molecular formula is C34H41N3O5. The first-order chi connectivity index (χ1) is 20.4. The lowest BCUT2D eigenvalue weighted by atomic mass is 10.1. The van der Waals surface area contributed by atoms with Crippen LogP contribution in [-0.2, 0) is 17.8 Å². The van der Waals surface area contributed by atoms with Crippen LogP contribution in [0.1, 0.15) is 48.2 Å². The maximum absolute atomic E-state index is 13.9. The van der Waals surface area contributed by atoms with Crippen molar-refractivity contribution in [3.63, 3.8) is 0 Å². The number of nitrogens with zero attached hydrogens (tertiary/aromatic N) is 2. The molecule has 0 aliphatic heterocycles. The zero-order valence-electron chi connectivity index (χ0n) is 25.0. The number of benzene rings is 3. The van der Waals surface area contributed by atoms with Crippen molar-refractivity contribution >= 4 is 22.7 Å². The second kappa shape index (κ2) is 15.0. The van der Waals surface area contributed by atoms with Gasteiger partial charge in [0.15, 0.2) is 0 Å². The predicted octanol–water partition coefficient (Wildman–Crippen LogP) is 6.10. The average molecular weight is 572 g/mol. The van der Waals surface area contributed by atoms with Crippen molar-refractivity contribution < 1.29 is 23.8 Å². The highest BCUT2D eigenvalue weighted by molar-refractivity contribution is 5.97. The van der Waals surface area contributed by atoms with E-state index in [4.69, 9.17) is 14.2 Å². The van der Waals surface area contributed by atoms with Crippen molar-refractivity contribution in [2.45, 2.75) is 39.7 Å². The molecule has 222 valence electrons. The highest BCUT2D eigenvalue weighted by Crippen LogP contribution is 2.24. The van der Waals surface area contributed by atoms with Gasteiger partial charge in [-0.1, -0.05) is 43.7 Å². The summed E-state index contributed by atoms with van der Waals surface area (Å²) in [6.45, 7) is 6.00. The summed E-state index contributed by atoms with van der Waals surface area (Å²) in [6, 6.07) is 21.1.